The maximum Gasteiger partial charge on any atom is 0.382 e. The number of esters is 1. The molecule has 0 fully saturated rings. The lowest BCUT2D eigenvalue weighted by Crippen LogP contribution is -2.08. The van der Waals surface area contributed by atoms with Crippen molar-refractivity contribution < 1.29 is 18.8 Å². The third-order valence-corrected chi connectivity index (χ3v) is 2.32. The lowest BCUT2D eigenvalue weighted by atomic mass is 10.2. The Kier molecular flexibility index (Phi) is 3.48. The number of aryl methyl sites for hydroxylation is 1. The molecule has 6 heteroatoms. The topological polar surface area (TPSA) is 85.4 Å². The van der Waals surface area contributed by atoms with Crippen LogP contribution in [-0.4, -0.2) is 18.2 Å². The van der Waals surface area contributed by atoms with Crippen molar-refractivity contribution in [3.8, 4) is 17.6 Å². The van der Waals surface area contributed by atoms with Crippen LogP contribution in [-0.2, 0) is 0 Å². The van der Waals surface area contributed by atoms with Crippen LogP contribution in [0.4, 0.5) is 0 Å². The first-order chi connectivity index (χ1) is 9.13. The fourth-order valence-corrected chi connectivity index (χ4v) is 1.43. The van der Waals surface area contributed by atoms with Gasteiger partial charge in [-0.25, -0.2) is 4.79 Å². The summed E-state index contributed by atoms with van der Waals surface area (Å²) in [7, 11) is 1.42. The van der Waals surface area contributed by atoms with Gasteiger partial charge in [-0.15, -0.1) is 0 Å². The lowest BCUT2D eigenvalue weighted by molar-refractivity contribution is 0.0686. The molecule has 0 aliphatic heterocycles. The quantitative estimate of drug-likeness (QED) is 0.619. The van der Waals surface area contributed by atoms with E-state index in [9.17, 15) is 4.79 Å². The van der Waals surface area contributed by atoms with Gasteiger partial charge in [0.1, 0.15) is 0 Å². The fourth-order valence-electron chi connectivity index (χ4n) is 1.43. The molecule has 19 heavy (non-hydrogen) atoms. The van der Waals surface area contributed by atoms with E-state index in [1.807, 2.05) is 6.07 Å². The van der Waals surface area contributed by atoms with Gasteiger partial charge in [0.2, 0.25) is 5.76 Å². The number of rotatable bonds is 3. The molecule has 0 aliphatic carbocycles. The predicted octanol–water partition coefficient (Wildman–Crippen LogP) is 2.08. The third kappa shape index (κ3) is 2.72. The number of hydrogen-bond donors (Lipinski definition) is 0. The zero-order valence-electron chi connectivity index (χ0n) is 10.3. The Bertz CT molecular complexity index is 655. The van der Waals surface area contributed by atoms with E-state index in [1.54, 1.807) is 6.92 Å². The first-order valence-electron chi connectivity index (χ1n) is 5.37. The predicted molar refractivity (Wildman–Crippen MR) is 63.9 cm³/mol. The normalized spacial score (nSPS) is 9.74. The Morgan fingerprint density at radius 3 is 2.74 bits per heavy atom. The molecule has 0 radical (unpaired) electrons. The van der Waals surface area contributed by atoms with Gasteiger partial charge in [-0.2, -0.15) is 5.26 Å². The molecule has 0 atom stereocenters. The second-order valence-electron chi connectivity index (χ2n) is 3.70. The van der Waals surface area contributed by atoms with Crippen LogP contribution >= 0.6 is 0 Å². The van der Waals surface area contributed by atoms with Crippen molar-refractivity contribution in [3.63, 3.8) is 0 Å². The van der Waals surface area contributed by atoms with Gasteiger partial charge in [-0.3, -0.25) is 0 Å². The zero-order valence-corrected chi connectivity index (χ0v) is 10.3. The van der Waals surface area contributed by atoms with Gasteiger partial charge in [-0.05, 0) is 19.1 Å². The fraction of sp³-hybridized carbons (Fsp3) is 0.154. The van der Waals surface area contributed by atoms with Gasteiger partial charge in [0.15, 0.2) is 11.5 Å². The number of aromatic nitrogens is 1. The number of hydrogen-bond acceptors (Lipinski definition) is 6. The Balaban J connectivity index is 2.24. The molecule has 0 N–H and O–H groups in total. The van der Waals surface area contributed by atoms with Crippen LogP contribution in [0.2, 0.25) is 0 Å². The van der Waals surface area contributed by atoms with Crippen LogP contribution in [0.3, 0.4) is 0 Å². The van der Waals surface area contributed by atoms with Crippen LogP contribution in [0.15, 0.2) is 28.8 Å². The molecule has 1 heterocycles. The van der Waals surface area contributed by atoms with Crippen LogP contribution in [0.25, 0.3) is 0 Å². The maximum absolute atomic E-state index is 11.8. The molecule has 2 aromatic rings. The minimum absolute atomic E-state index is 0.00362. The Hall–Kier alpha value is -2.81. The molecule has 2 rings (SSSR count). The summed E-state index contributed by atoms with van der Waals surface area (Å²) in [5.74, 6) is -0.170. The SMILES string of the molecule is COc1cc(C#N)ccc1OC(=O)c1cc(C)no1. The van der Waals surface area contributed by atoms with Crippen molar-refractivity contribution in [3.05, 3.63) is 41.3 Å². The van der Waals surface area contributed by atoms with E-state index in [-0.39, 0.29) is 11.5 Å². The molecule has 6 nitrogen and oxygen atoms in total. The van der Waals surface area contributed by atoms with Gasteiger partial charge < -0.3 is 14.0 Å². The highest BCUT2D eigenvalue weighted by Gasteiger charge is 2.16. The molecule has 96 valence electrons. The third-order valence-electron chi connectivity index (χ3n) is 2.32. The monoisotopic (exact) mass is 258 g/mol. The van der Waals surface area contributed by atoms with Crippen LogP contribution in [0.5, 0.6) is 11.5 Å². The molecular weight excluding hydrogens is 248 g/mol. The highest BCUT2D eigenvalue weighted by molar-refractivity contribution is 5.88. The summed E-state index contributed by atoms with van der Waals surface area (Å²) >= 11 is 0. The van der Waals surface area contributed by atoms with E-state index < -0.39 is 5.97 Å². The first-order valence-corrected chi connectivity index (χ1v) is 5.37. The molecule has 0 saturated carbocycles. The van der Waals surface area contributed by atoms with E-state index in [0.29, 0.717) is 17.0 Å². The summed E-state index contributed by atoms with van der Waals surface area (Å²) < 4.78 is 15.0. The highest BCUT2D eigenvalue weighted by atomic mass is 16.6. The molecular formula is C13H10N2O4. The van der Waals surface area contributed by atoms with Crippen molar-refractivity contribution in [1.29, 1.82) is 5.26 Å². The summed E-state index contributed by atoms with van der Waals surface area (Å²) in [4.78, 5) is 11.8. The Morgan fingerprint density at radius 1 is 1.37 bits per heavy atom. The van der Waals surface area contributed by atoms with Crippen molar-refractivity contribution >= 4 is 5.97 Å². The van der Waals surface area contributed by atoms with Crippen molar-refractivity contribution in [2.24, 2.45) is 0 Å². The minimum atomic E-state index is -0.677. The summed E-state index contributed by atoms with van der Waals surface area (Å²) in [6, 6.07) is 7.93. The summed E-state index contributed by atoms with van der Waals surface area (Å²) in [5, 5.41) is 12.4. The Labute approximate surface area is 109 Å². The van der Waals surface area contributed by atoms with Gasteiger partial charge in [-0.1, -0.05) is 5.16 Å². The smallest absolute Gasteiger partial charge is 0.382 e. The van der Waals surface area contributed by atoms with Gasteiger partial charge in [0.05, 0.1) is 24.4 Å². The molecule has 0 saturated heterocycles. The van der Waals surface area contributed by atoms with E-state index >= 15 is 0 Å². The largest absolute Gasteiger partial charge is 0.493 e. The number of benzene rings is 1. The summed E-state index contributed by atoms with van der Waals surface area (Å²) in [6.45, 7) is 1.70. The molecule has 1 aromatic heterocycles. The van der Waals surface area contributed by atoms with Crippen LogP contribution in [0.1, 0.15) is 21.8 Å². The second-order valence-corrected chi connectivity index (χ2v) is 3.70. The molecule has 1 aromatic carbocycles. The molecule has 0 unspecified atom stereocenters. The number of carbonyl (C=O) groups is 1. The van der Waals surface area contributed by atoms with E-state index in [4.69, 9.17) is 19.3 Å². The van der Waals surface area contributed by atoms with E-state index in [2.05, 4.69) is 5.16 Å². The highest BCUT2D eigenvalue weighted by Crippen LogP contribution is 2.28. The van der Waals surface area contributed by atoms with E-state index in [0.717, 1.165) is 0 Å². The average Bonchev–Trinajstić information content (AvgIpc) is 2.86. The van der Waals surface area contributed by atoms with Crippen LogP contribution < -0.4 is 9.47 Å². The second kappa shape index (κ2) is 5.23. The Morgan fingerprint density at radius 2 is 2.16 bits per heavy atom. The number of carbonyl (C=O) groups excluding carboxylic acids is 1. The van der Waals surface area contributed by atoms with Crippen molar-refractivity contribution in [1.82, 2.24) is 5.16 Å². The number of ether oxygens (including phenoxy) is 2. The molecule has 0 aliphatic rings. The first kappa shape index (κ1) is 12.6. The average molecular weight is 258 g/mol. The van der Waals surface area contributed by atoms with Crippen molar-refractivity contribution in [2.45, 2.75) is 6.92 Å². The van der Waals surface area contributed by atoms with E-state index in [1.165, 1.54) is 31.4 Å². The molecule has 0 amide bonds. The molecule has 0 spiro atoms. The van der Waals surface area contributed by atoms with Crippen LogP contribution in [0, 0.1) is 18.3 Å². The summed E-state index contributed by atoms with van der Waals surface area (Å²) in [6.07, 6.45) is 0. The number of nitrogens with zero attached hydrogens (tertiary/aromatic N) is 2. The van der Waals surface area contributed by atoms with Crippen molar-refractivity contribution in [2.75, 3.05) is 7.11 Å². The number of nitriles is 1. The summed E-state index contributed by atoms with van der Waals surface area (Å²) in [5.41, 5.74) is 0.992. The zero-order chi connectivity index (χ0) is 13.8. The standard InChI is InChI=1S/C13H10N2O4/c1-8-5-12(19-15-8)13(16)18-10-4-3-9(7-14)6-11(10)17-2/h3-6H,1-2H3. The maximum atomic E-state index is 11.8. The van der Waals surface area contributed by atoms with Gasteiger partial charge in [0.25, 0.3) is 0 Å². The van der Waals surface area contributed by atoms with Gasteiger partial charge >= 0.3 is 5.97 Å². The number of methoxy groups -OCH3 is 1. The minimum Gasteiger partial charge on any atom is -0.493 e. The molecule has 0 bridgehead atoms. The lowest BCUT2D eigenvalue weighted by Gasteiger charge is -2.07. The van der Waals surface area contributed by atoms with Gasteiger partial charge in [0, 0.05) is 12.1 Å².